The van der Waals surface area contributed by atoms with Gasteiger partial charge < -0.3 is 14.9 Å². The maximum atomic E-state index is 9.48. The molecule has 0 aliphatic carbocycles. The molecule has 22 heavy (non-hydrogen) atoms. The summed E-state index contributed by atoms with van der Waals surface area (Å²) >= 11 is 0. The van der Waals surface area contributed by atoms with Crippen molar-refractivity contribution in [1.82, 2.24) is 9.97 Å². The number of phenols is 1. The van der Waals surface area contributed by atoms with Crippen molar-refractivity contribution in [1.29, 1.82) is 0 Å². The fraction of sp³-hybridized carbons (Fsp3) is 0.176. The van der Waals surface area contributed by atoms with Gasteiger partial charge in [0.05, 0.1) is 17.7 Å². The van der Waals surface area contributed by atoms with Gasteiger partial charge in [0.1, 0.15) is 5.75 Å². The molecule has 0 radical (unpaired) electrons. The van der Waals surface area contributed by atoms with Gasteiger partial charge in [-0.15, -0.1) is 0 Å². The molecule has 0 atom stereocenters. The van der Waals surface area contributed by atoms with Crippen molar-refractivity contribution in [2.45, 2.75) is 6.92 Å². The predicted octanol–water partition coefficient (Wildman–Crippen LogP) is 3.27. The van der Waals surface area contributed by atoms with Gasteiger partial charge >= 0.3 is 0 Å². The van der Waals surface area contributed by atoms with E-state index in [4.69, 9.17) is 9.97 Å². The largest absolute Gasteiger partial charge is 0.508 e. The lowest BCUT2D eigenvalue weighted by atomic mass is 10.2. The standard InChI is InChI=1S/C17H16N4O/c1-2-20-11-21(12-7-9-13(22)10-8-12)17-16(20)18-14-5-3-4-6-15(14)19-17/h3-10,22H,2,11H2,1H3. The number of aromatic hydroxyl groups is 1. The number of hydrogen-bond acceptors (Lipinski definition) is 5. The lowest BCUT2D eigenvalue weighted by molar-refractivity contribution is 0.475. The zero-order valence-corrected chi connectivity index (χ0v) is 12.3. The van der Waals surface area contributed by atoms with Crippen molar-refractivity contribution in [3.05, 3.63) is 48.5 Å². The highest BCUT2D eigenvalue weighted by Crippen LogP contribution is 2.38. The minimum atomic E-state index is 0.264. The van der Waals surface area contributed by atoms with Gasteiger partial charge in [0.15, 0.2) is 11.6 Å². The van der Waals surface area contributed by atoms with E-state index >= 15 is 0 Å². The van der Waals surface area contributed by atoms with Crippen LogP contribution in [0.15, 0.2) is 48.5 Å². The van der Waals surface area contributed by atoms with E-state index in [9.17, 15) is 5.11 Å². The number of benzene rings is 2. The van der Waals surface area contributed by atoms with E-state index in [-0.39, 0.29) is 5.75 Å². The fourth-order valence-corrected chi connectivity index (χ4v) is 2.77. The average Bonchev–Trinajstić information content (AvgIpc) is 2.91. The Morgan fingerprint density at radius 3 is 2.23 bits per heavy atom. The van der Waals surface area contributed by atoms with Crippen LogP contribution in [0, 0.1) is 0 Å². The fourth-order valence-electron chi connectivity index (χ4n) is 2.77. The van der Waals surface area contributed by atoms with Gasteiger partial charge in [-0.25, -0.2) is 9.97 Å². The maximum Gasteiger partial charge on any atom is 0.178 e. The van der Waals surface area contributed by atoms with Crippen molar-refractivity contribution in [2.75, 3.05) is 23.0 Å². The molecule has 5 nitrogen and oxygen atoms in total. The topological polar surface area (TPSA) is 52.5 Å². The molecule has 2 aromatic carbocycles. The average molecular weight is 292 g/mol. The van der Waals surface area contributed by atoms with Gasteiger partial charge in [-0.1, -0.05) is 12.1 Å². The normalized spacial score (nSPS) is 13.7. The van der Waals surface area contributed by atoms with Crippen LogP contribution >= 0.6 is 0 Å². The Kier molecular flexibility index (Phi) is 2.85. The molecular formula is C17H16N4O. The van der Waals surface area contributed by atoms with Gasteiger partial charge in [-0.2, -0.15) is 0 Å². The molecule has 1 N–H and O–H groups in total. The lowest BCUT2D eigenvalue weighted by Gasteiger charge is -2.19. The van der Waals surface area contributed by atoms with E-state index in [1.807, 2.05) is 36.4 Å². The Bertz CT molecular complexity index is 832. The summed E-state index contributed by atoms with van der Waals surface area (Å²) in [7, 11) is 0. The zero-order valence-electron chi connectivity index (χ0n) is 12.3. The van der Waals surface area contributed by atoms with Crippen molar-refractivity contribution < 1.29 is 5.11 Å². The summed E-state index contributed by atoms with van der Waals surface area (Å²) in [4.78, 5) is 13.9. The van der Waals surface area contributed by atoms with Gasteiger partial charge in [0, 0.05) is 12.2 Å². The van der Waals surface area contributed by atoms with Crippen molar-refractivity contribution in [3.8, 4) is 5.75 Å². The summed E-state index contributed by atoms with van der Waals surface area (Å²) in [6.07, 6.45) is 0. The number of aromatic nitrogens is 2. The monoisotopic (exact) mass is 292 g/mol. The highest BCUT2D eigenvalue weighted by molar-refractivity contribution is 5.85. The number of hydrogen-bond donors (Lipinski definition) is 1. The molecule has 1 aliphatic heterocycles. The SMILES string of the molecule is CCN1CN(c2ccc(O)cc2)c2nc3ccccc3nc21. The smallest absolute Gasteiger partial charge is 0.178 e. The molecule has 0 saturated heterocycles. The molecule has 0 fully saturated rings. The Morgan fingerprint density at radius 2 is 1.59 bits per heavy atom. The van der Waals surface area contributed by atoms with Crippen LogP contribution in [0.2, 0.25) is 0 Å². The van der Waals surface area contributed by atoms with E-state index in [2.05, 4.69) is 16.7 Å². The number of anilines is 3. The van der Waals surface area contributed by atoms with Crippen LogP contribution in [0.1, 0.15) is 6.92 Å². The van der Waals surface area contributed by atoms with E-state index in [0.29, 0.717) is 6.67 Å². The van der Waals surface area contributed by atoms with E-state index < -0.39 is 0 Å². The first-order valence-corrected chi connectivity index (χ1v) is 7.34. The molecule has 2 heterocycles. The summed E-state index contributed by atoms with van der Waals surface area (Å²) in [6.45, 7) is 3.70. The second-order valence-electron chi connectivity index (χ2n) is 5.30. The third-order valence-electron chi connectivity index (χ3n) is 3.94. The minimum Gasteiger partial charge on any atom is -0.508 e. The molecule has 0 unspecified atom stereocenters. The summed E-state index contributed by atoms with van der Waals surface area (Å²) in [6, 6.07) is 15.1. The van der Waals surface area contributed by atoms with E-state index in [1.165, 1.54) is 0 Å². The Balaban J connectivity index is 1.88. The molecule has 1 aromatic heterocycles. The van der Waals surface area contributed by atoms with Gasteiger partial charge in [0.2, 0.25) is 0 Å². The molecule has 0 spiro atoms. The summed E-state index contributed by atoms with van der Waals surface area (Å²) in [5.41, 5.74) is 2.80. The van der Waals surface area contributed by atoms with Gasteiger partial charge in [0.25, 0.3) is 0 Å². The van der Waals surface area contributed by atoms with Gasteiger partial charge in [-0.3, -0.25) is 0 Å². The van der Waals surface area contributed by atoms with Crippen molar-refractivity contribution >= 4 is 28.4 Å². The van der Waals surface area contributed by atoms with Crippen LogP contribution in [-0.2, 0) is 0 Å². The number of fused-ring (bicyclic) bond motifs is 2. The second kappa shape index (κ2) is 4.87. The van der Waals surface area contributed by atoms with E-state index in [1.54, 1.807) is 12.1 Å². The molecule has 0 amide bonds. The Morgan fingerprint density at radius 1 is 0.955 bits per heavy atom. The summed E-state index contributed by atoms with van der Waals surface area (Å²) < 4.78 is 0. The van der Waals surface area contributed by atoms with Crippen molar-refractivity contribution in [2.24, 2.45) is 0 Å². The predicted molar refractivity (Wildman–Crippen MR) is 87.7 cm³/mol. The molecular weight excluding hydrogens is 276 g/mol. The highest BCUT2D eigenvalue weighted by Gasteiger charge is 2.29. The molecule has 1 aliphatic rings. The highest BCUT2D eigenvalue weighted by atomic mass is 16.3. The first-order chi connectivity index (χ1) is 10.8. The molecule has 0 bridgehead atoms. The quantitative estimate of drug-likeness (QED) is 0.785. The number of para-hydroxylation sites is 2. The Hall–Kier alpha value is -2.82. The summed E-state index contributed by atoms with van der Waals surface area (Å²) in [5, 5.41) is 9.48. The second-order valence-corrected chi connectivity index (χ2v) is 5.30. The third-order valence-corrected chi connectivity index (χ3v) is 3.94. The van der Waals surface area contributed by atoms with Crippen LogP contribution in [-0.4, -0.2) is 28.3 Å². The molecule has 110 valence electrons. The molecule has 5 heteroatoms. The van der Waals surface area contributed by atoms with Crippen LogP contribution < -0.4 is 9.80 Å². The number of nitrogens with zero attached hydrogens (tertiary/aromatic N) is 4. The van der Waals surface area contributed by atoms with Crippen LogP contribution in [0.3, 0.4) is 0 Å². The molecule has 3 aromatic rings. The first-order valence-electron chi connectivity index (χ1n) is 7.34. The number of rotatable bonds is 2. The van der Waals surface area contributed by atoms with Crippen LogP contribution in [0.25, 0.3) is 11.0 Å². The number of phenolic OH excluding ortho intramolecular Hbond substituents is 1. The maximum absolute atomic E-state index is 9.48. The molecule has 4 rings (SSSR count). The molecule has 0 saturated carbocycles. The third kappa shape index (κ3) is 1.94. The lowest BCUT2D eigenvalue weighted by Crippen LogP contribution is -2.27. The zero-order chi connectivity index (χ0) is 15.1. The minimum absolute atomic E-state index is 0.264. The van der Waals surface area contributed by atoms with Crippen LogP contribution in [0.5, 0.6) is 5.75 Å². The first kappa shape index (κ1) is 12.9. The Labute approximate surface area is 128 Å². The summed E-state index contributed by atoms with van der Waals surface area (Å²) in [5.74, 6) is 2.04. The van der Waals surface area contributed by atoms with E-state index in [0.717, 1.165) is 34.9 Å². The van der Waals surface area contributed by atoms with Gasteiger partial charge in [-0.05, 0) is 43.3 Å². The van der Waals surface area contributed by atoms with Crippen molar-refractivity contribution in [3.63, 3.8) is 0 Å². The van der Waals surface area contributed by atoms with Crippen LogP contribution in [0.4, 0.5) is 17.3 Å².